The maximum atomic E-state index is 12.5. The molecular weight excluding hydrogens is 330 g/mol. The standard InChI is InChI=1S/C17H20ClN3OS/c1-19-12-5-4-8-21(10-12)16(22)9-13-11-23-17(20-13)14-6-2-3-7-15(14)18/h2-3,6-7,11-12,19H,4-5,8-10H2,1H3/t12-/m1/s1. The third-order valence-electron chi connectivity index (χ3n) is 4.17. The molecule has 1 amide bonds. The van der Waals surface area contributed by atoms with Crippen molar-refractivity contribution in [1.29, 1.82) is 0 Å². The van der Waals surface area contributed by atoms with Crippen molar-refractivity contribution in [1.82, 2.24) is 15.2 Å². The molecule has 3 rings (SSSR count). The van der Waals surface area contributed by atoms with Crippen LogP contribution in [-0.4, -0.2) is 42.0 Å². The number of hydrogen-bond acceptors (Lipinski definition) is 4. The Labute approximate surface area is 145 Å². The maximum absolute atomic E-state index is 12.5. The lowest BCUT2D eigenvalue weighted by molar-refractivity contribution is -0.131. The highest BCUT2D eigenvalue weighted by Gasteiger charge is 2.23. The number of benzene rings is 1. The van der Waals surface area contributed by atoms with E-state index in [2.05, 4.69) is 10.3 Å². The number of nitrogens with zero attached hydrogens (tertiary/aromatic N) is 2. The van der Waals surface area contributed by atoms with Gasteiger partial charge in [-0.05, 0) is 26.0 Å². The summed E-state index contributed by atoms with van der Waals surface area (Å²) in [5.74, 6) is 0.154. The predicted molar refractivity (Wildman–Crippen MR) is 94.9 cm³/mol. The number of carbonyl (C=O) groups is 1. The molecule has 2 aromatic rings. The number of halogens is 1. The van der Waals surface area contributed by atoms with Gasteiger partial charge < -0.3 is 10.2 Å². The van der Waals surface area contributed by atoms with E-state index in [0.29, 0.717) is 17.5 Å². The van der Waals surface area contributed by atoms with Crippen LogP contribution in [0.2, 0.25) is 5.02 Å². The molecule has 0 radical (unpaired) electrons. The van der Waals surface area contributed by atoms with Gasteiger partial charge >= 0.3 is 0 Å². The molecule has 4 nitrogen and oxygen atoms in total. The Morgan fingerprint density at radius 3 is 3.09 bits per heavy atom. The lowest BCUT2D eigenvalue weighted by atomic mass is 10.1. The van der Waals surface area contributed by atoms with Crippen molar-refractivity contribution < 1.29 is 4.79 Å². The van der Waals surface area contributed by atoms with Crippen molar-refractivity contribution in [2.45, 2.75) is 25.3 Å². The van der Waals surface area contributed by atoms with Gasteiger partial charge in [0.25, 0.3) is 0 Å². The van der Waals surface area contributed by atoms with Gasteiger partial charge in [-0.1, -0.05) is 29.8 Å². The molecule has 1 atom stereocenters. The van der Waals surface area contributed by atoms with Crippen molar-refractivity contribution in [3.8, 4) is 10.6 Å². The lowest BCUT2D eigenvalue weighted by Crippen LogP contribution is -2.47. The second-order valence-corrected chi connectivity index (χ2v) is 7.03. The summed E-state index contributed by atoms with van der Waals surface area (Å²) in [6.07, 6.45) is 2.55. The fourth-order valence-corrected chi connectivity index (χ4v) is 3.99. The van der Waals surface area contributed by atoms with Gasteiger partial charge in [-0.3, -0.25) is 4.79 Å². The molecule has 1 fully saturated rings. The molecule has 6 heteroatoms. The van der Waals surface area contributed by atoms with Crippen LogP contribution < -0.4 is 5.32 Å². The number of piperidine rings is 1. The van der Waals surface area contributed by atoms with Crippen LogP contribution in [0.1, 0.15) is 18.5 Å². The van der Waals surface area contributed by atoms with Crippen molar-refractivity contribution in [2.24, 2.45) is 0 Å². The average Bonchev–Trinajstić information content (AvgIpc) is 3.03. The third kappa shape index (κ3) is 3.91. The van der Waals surface area contributed by atoms with Crippen molar-refractivity contribution in [2.75, 3.05) is 20.1 Å². The minimum Gasteiger partial charge on any atom is -0.341 e. The molecule has 2 heterocycles. The lowest BCUT2D eigenvalue weighted by Gasteiger charge is -2.32. The first-order valence-electron chi connectivity index (χ1n) is 7.81. The summed E-state index contributed by atoms with van der Waals surface area (Å²) < 4.78 is 0. The number of likely N-dealkylation sites (N-methyl/N-ethyl adjacent to an activating group) is 1. The second kappa shape index (κ2) is 7.43. The van der Waals surface area contributed by atoms with Crippen LogP contribution in [0.25, 0.3) is 10.6 Å². The van der Waals surface area contributed by atoms with E-state index < -0.39 is 0 Å². The highest BCUT2D eigenvalue weighted by molar-refractivity contribution is 7.13. The monoisotopic (exact) mass is 349 g/mol. The van der Waals surface area contributed by atoms with Crippen molar-refractivity contribution in [3.63, 3.8) is 0 Å². The summed E-state index contributed by atoms with van der Waals surface area (Å²) in [4.78, 5) is 19.0. The molecule has 23 heavy (non-hydrogen) atoms. The van der Waals surface area contributed by atoms with E-state index in [9.17, 15) is 4.79 Å². The first-order chi connectivity index (χ1) is 11.2. The number of hydrogen-bond donors (Lipinski definition) is 1. The SMILES string of the molecule is CN[C@@H]1CCCN(C(=O)Cc2csc(-c3ccccc3Cl)n2)C1. The first kappa shape index (κ1) is 16.4. The molecule has 1 aromatic carbocycles. The second-order valence-electron chi connectivity index (χ2n) is 5.77. The van der Waals surface area contributed by atoms with Crippen LogP contribution in [0.15, 0.2) is 29.6 Å². The van der Waals surface area contributed by atoms with E-state index in [1.807, 2.05) is 41.6 Å². The van der Waals surface area contributed by atoms with Gasteiger partial charge in [-0.15, -0.1) is 11.3 Å². The largest absolute Gasteiger partial charge is 0.341 e. The fourth-order valence-electron chi connectivity index (χ4n) is 2.85. The van der Waals surface area contributed by atoms with E-state index in [0.717, 1.165) is 42.2 Å². The van der Waals surface area contributed by atoms with Crippen LogP contribution in [0.4, 0.5) is 0 Å². The zero-order chi connectivity index (χ0) is 16.2. The molecule has 1 N–H and O–H groups in total. The normalized spacial score (nSPS) is 18.2. The van der Waals surface area contributed by atoms with Gasteiger partial charge in [-0.25, -0.2) is 4.98 Å². The summed E-state index contributed by atoms with van der Waals surface area (Å²) in [6, 6.07) is 8.06. The predicted octanol–water partition coefficient (Wildman–Crippen LogP) is 3.22. The van der Waals surface area contributed by atoms with Gasteiger partial charge in [0, 0.05) is 30.1 Å². The van der Waals surface area contributed by atoms with E-state index in [1.165, 1.54) is 11.3 Å². The highest BCUT2D eigenvalue weighted by atomic mass is 35.5. The molecule has 122 valence electrons. The van der Waals surface area contributed by atoms with Crippen LogP contribution >= 0.6 is 22.9 Å². The van der Waals surface area contributed by atoms with Crippen molar-refractivity contribution in [3.05, 3.63) is 40.4 Å². The number of nitrogens with one attached hydrogen (secondary N) is 1. The summed E-state index contributed by atoms with van der Waals surface area (Å²) in [5, 5.41) is 6.77. The topological polar surface area (TPSA) is 45.2 Å². The highest BCUT2D eigenvalue weighted by Crippen LogP contribution is 2.30. The number of rotatable bonds is 4. The quantitative estimate of drug-likeness (QED) is 0.921. The van der Waals surface area contributed by atoms with Gasteiger partial charge in [0.1, 0.15) is 5.01 Å². The smallest absolute Gasteiger partial charge is 0.228 e. The average molecular weight is 350 g/mol. The number of carbonyl (C=O) groups excluding carboxylic acids is 1. The van der Waals surface area contributed by atoms with Crippen LogP contribution in [0, 0.1) is 0 Å². The molecule has 0 spiro atoms. The Hall–Kier alpha value is -1.43. The number of likely N-dealkylation sites (tertiary alicyclic amines) is 1. The fraction of sp³-hybridized carbons (Fsp3) is 0.412. The first-order valence-corrected chi connectivity index (χ1v) is 9.07. The van der Waals surface area contributed by atoms with E-state index >= 15 is 0 Å². The van der Waals surface area contributed by atoms with Crippen molar-refractivity contribution >= 4 is 28.8 Å². The minimum atomic E-state index is 0.154. The molecule has 1 aromatic heterocycles. The zero-order valence-corrected chi connectivity index (χ0v) is 14.7. The van der Waals surface area contributed by atoms with Gasteiger partial charge in [0.2, 0.25) is 5.91 Å². The van der Waals surface area contributed by atoms with Crippen LogP contribution in [-0.2, 0) is 11.2 Å². The molecule has 0 saturated carbocycles. The van der Waals surface area contributed by atoms with E-state index in [1.54, 1.807) is 0 Å². The van der Waals surface area contributed by atoms with Crippen LogP contribution in [0.3, 0.4) is 0 Å². The van der Waals surface area contributed by atoms with Gasteiger partial charge in [0.05, 0.1) is 17.1 Å². The third-order valence-corrected chi connectivity index (χ3v) is 5.42. The number of amides is 1. The zero-order valence-electron chi connectivity index (χ0n) is 13.1. The molecule has 0 bridgehead atoms. The van der Waals surface area contributed by atoms with E-state index in [-0.39, 0.29) is 5.91 Å². The summed E-state index contributed by atoms with van der Waals surface area (Å²) in [5.41, 5.74) is 1.74. The molecule has 1 aliphatic heterocycles. The Balaban J connectivity index is 1.67. The van der Waals surface area contributed by atoms with Gasteiger partial charge in [-0.2, -0.15) is 0 Å². The Bertz CT molecular complexity index is 688. The Morgan fingerprint density at radius 2 is 2.30 bits per heavy atom. The maximum Gasteiger partial charge on any atom is 0.228 e. The minimum absolute atomic E-state index is 0.154. The number of thiazole rings is 1. The molecule has 0 unspecified atom stereocenters. The Kier molecular flexibility index (Phi) is 5.30. The van der Waals surface area contributed by atoms with E-state index in [4.69, 9.17) is 11.6 Å². The summed E-state index contributed by atoms with van der Waals surface area (Å²) in [7, 11) is 1.95. The summed E-state index contributed by atoms with van der Waals surface area (Å²) in [6.45, 7) is 1.63. The molecule has 1 aliphatic rings. The molecular formula is C17H20ClN3OS. The van der Waals surface area contributed by atoms with Gasteiger partial charge in [0.15, 0.2) is 0 Å². The number of aromatic nitrogens is 1. The van der Waals surface area contributed by atoms with Crippen LogP contribution in [0.5, 0.6) is 0 Å². The molecule has 1 saturated heterocycles. The Morgan fingerprint density at radius 1 is 1.48 bits per heavy atom. The molecule has 0 aliphatic carbocycles. The summed E-state index contributed by atoms with van der Waals surface area (Å²) >= 11 is 7.74.